The molecule has 2 nitrogen and oxygen atoms in total. The van der Waals surface area contributed by atoms with Gasteiger partial charge in [-0.05, 0) is 35.9 Å². The fourth-order valence-electron chi connectivity index (χ4n) is 1.91. The molecule has 3 heteroatoms. The first-order chi connectivity index (χ1) is 9.58. The summed E-state index contributed by atoms with van der Waals surface area (Å²) < 4.78 is 12.8. The average molecular weight is 269 g/mol. The van der Waals surface area contributed by atoms with Crippen LogP contribution in [0.2, 0.25) is 0 Å². The Hall–Kier alpha value is -2.42. The van der Waals surface area contributed by atoms with E-state index in [-0.39, 0.29) is 11.6 Å². The lowest BCUT2D eigenvalue weighted by molar-refractivity contribution is 0.104. The van der Waals surface area contributed by atoms with Crippen LogP contribution in [0.5, 0.6) is 0 Å². The van der Waals surface area contributed by atoms with Crippen LogP contribution in [0.25, 0.3) is 6.08 Å². The molecule has 2 aromatic carbocycles. The van der Waals surface area contributed by atoms with Gasteiger partial charge in [-0.2, -0.15) is 0 Å². The molecule has 0 heterocycles. The minimum atomic E-state index is -0.286. The Morgan fingerprint density at radius 1 is 1.05 bits per heavy atom. The summed E-state index contributed by atoms with van der Waals surface area (Å²) >= 11 is 0. The summed E-state index contributed by atoms with van der Waals surface area (Å²) in [6.07, 6.45) is 3.20. The third-order valence-corrected chi connectivity index (χ3v) is 2.95. The van der Waals surface area contributed by atoms with Crippen molar-refractivity contribution in [1.82, 2.24) is 0 Å². The standard InChI is InChI=1S/C17H16FNO/c1-19(2)16-6-4-3-5-15(16)17(20)12-9-13-7-10-14(18)11-8-13/h3-12H,1-2H3. The number of nitrogens with zero attached hydrogens (tertiary/aromatic N) is 1. The molecule has 0 aliphatic heterocycles. The van der Waals surface area contributed by atoms with Crippen LogP contribution in [-0.2, 0) is 0 Å². The van der Waals surface area contributed by atoms with E-state index in [1.807, 2.05) is 37.2 Å². The number of rotatable bonds is 4. The molecule has 0 amide bonds. The first-order valence-corrected chi connectivity index (χ1v) is 6.32. The van der Waals surface area contributed by atoms with Crippen LogP contribution in [0, 0.1) is 5.82 Å². The van der Waals surface area contributed by atoms with Gasteiger partial charge in [0.05, 0.1) is 0 Å². The molecule has 0 radical (unpaired) electrons. The van der Waals surface area contributed by atoms with Gasteiger partial charge in [0, 0.05) is 25.3 Å². The molecule has 0 aromatic heterocycles. The molecule has 0 spiro atoms. The zero-order chi connectivity index (χ0) is 14.5. The van der Waals surface area contributed by atoms with Crippen LogP contribution in [-0.4, -0.2) is 19.9 Å². The highest BCUT2D eigenvalue weighted by Gasteiger charge is 2.09. The van der Waals surface area contributed by atoms with Crippen molar-refractivity contribution < 1.29 is 9.18 Å². The molecule has 0 aliphatic carbocycles. The third kappa shape index (κ3) is 3.32. The highest BCUT2D eigenvalue weighted by Crippen LogP contribution is 2.19. The summed E-state index contributed by atoms with van der Waals surface area (Å²) in [4.78, 5) is 14.1. The van der Waals surface area contributed by atoms with Crippen LogP contribution >= 0.6 is 0 Å². The second-order valence-corrected chi connectivity index (χ2v) is 4.66. The molecule has 0 saturated carbocycles. The maximum Gasteiger partial charge on any atom is 0.187 e. The SMILES string of the molecule is CN(C)c1ccccc1C(=O)C=Cc1ccc(F)cc1. The van der Waals surface area contributed by atoms with E-state index in [1.54, 1.807) is 24.3 Å². The zero-order valence-corrected chi connectivity index (χ0v) is 11.5. The van der Waals surface area contributed by atoms with Crippen LogP contribution in [0.1, 0.15) is 15.9 Å². The molecule has 0 bridgehead atoms. The van der Waals surface area contributed by atoms with Crippen molar-refractivity contribution in [3.05, 3.63) is 71.6 Å². The molecule has 0 unspecified atom stereocenters. The number of allylic oxidation sites excluding steroid dienone is 1. The maximum absolute atomic E-state index is 12.8. The molecular weight excluding hydrogens is 253 g/mol. The van der Waals surface area contributed by atoms with E-state index in [4.69, 9.17) is 0 Å². The monoisotopic (exact) mass is 269 g/mol. The normalized spacial score (nSPS) is 10.8. The van der Waals surface area contributed by atoms with E-state index in [2.05, 4.69) is 0 Å². The minimum Gasteiger partial charge on any atom is -0.377 e. The second kappa shape index (κ2) is 6.15. The van der Waals surface area contributed by atoms with E-state index in [0.717, 1.165) is 11.3 Å². The fourth-order valence-corrected chi connectivity index (χ4v) is 1.91. The summed E-state index contributed by atoms with van der Waals surface area (Å²) in [7, 11) is 3.80. The van der Waals surface area contributed by atoms with Crippen LogP contribution in [0.3, 0.4) is 0 Å². The number of hydrogen-bond donors (Lipinski definition) is 0. The Morgan fingerprint density at radius 2 is 1.70 bits per heavy atom. The lowest BCUT2D eigenvalue weighted by Gasteiger charge is -2.15. The molecule has 0 atom stereocenters. The third-order valence-electron chi connectivity index (χ3n) is 2.95. The number of halogens is 1. The molecule has 0 saturated heterocycles. The van der Waals surface area contributed by atoms with Gasteiger partial charge in [0.25, 0.3) is 0 Å². The van der Waals surface area contributed by atoms with Gasteiger partial charge in [-0.15, -0.1) is 0 Å². The van der Waals surface area contributed by atoms with Gasteiger partial charge >= 0.3 is 0 Å². The van der Waals surface area contributed by atoms with Gasteiger partial charge in [-0.25, -0.2) is 4.39 Å². The van der Waals surface area contributed by atoms with Gasteiger partial charge in [0.1, 0.15) is 5.82 Å². The summed E-state index contributed by atoms with van der Waals surface area (Å²) in [6, 6.07) is 13.5. The Morgan fingerprint density at radius 3 is 2.35 bits per heavy atom. The molecule has 102 valence electrons. The first-order valence-electron chi connectivity index (χ1n) is 6.32. The van der Waals surface area contributed by atoms with Gasteiger partial charge in [0.15, 0.2) is 5.78 Å². The van der Waals surface area contributed by atoms with E-state index in [0.29, 0.717) is 5.56 Å². The van der Waals surface area contributed by atoms with Crippen molar-refractivity contribution in [2.45, 2.75) is 0 Å². The number of carbonyl (C=O) groups is 1. The Balaban J connectivity index is 2.22. The highest BCUT2D eigenvalue weighted by atomic mass is 19.1. The molecule has 0 N–H and O–H groups in total. The predicted molar refractivity (Wildman–Crippen MR) is 80.5 cm³/mol. The van der Waals surface area contributed by atoms with Crippen LogP contribution in [0.4, 0.5) is 10.1 Å². The van der Waals surface area contributed by atoms with Crippen LogP contribution in [0.15, 0.2) is 54.6 Å². The van der Waals surface area contributed by atoms with Gasteiger partial charge in [-0.1, -0.05) is 30.3 Å². The second-order valence-electron chi connectivity index (χ2n) is 4.66. The Kier molecular flexibility index (Phi) is 4.31. The highest BCUT2D eigenvalue weighted by molar-refractivity contribution is 6.10. The topological polar surface area (TPSA) is 20.3 Å². The number of carbonyl (C=O) groups excluding carboxylic acids is 1. The summed E-state index contributed by atoms with van der Waals surface area (Å²) in [5.74, 6) is -0.356. The van der Waals surface area contributed by atoms with Crippen molar-refractivity contribution in [1.29, 1.82) is 0 Å². The lowest BCUT2D eigenvalue weighted by atomic mass is 10.1. The smallest absolute Gasteiger partial charge is 0.187 e. The Bertz CT molecular complexity index is 630. The van der Waals surface area contributed by atoms with Gasteiger partial charge in [-0.3, -0.25) is 4.79 Å². The quantitative estimate of drug-likeness (QED) is 0.621. The number of hydrogen-bond acceptors (Lipinski definition) is 2. The van der Waals surface area contributed by atoms with E-state index in [1.165, 1.54) is 18.2 Å². The van der Waals surface area contributed by atoms with Gasteiger partial charge < -0.3 is 4.90 Å². The number of anilines is 1. The zero-order valence-electron chi connectivity index (χ0n) is 11.5. The number of para-hydroxylation sites is 1. The number of benzene rings is 2. The number of ketones is 1. The van der Waals surface area contributed by atoms with E-state index in [9.17, 15) is 9.18 Å². The van der Waals surface area contributed by atoms with E-state index < -0.39 is 0 Å². The summed E-state index contributed by atoms with van der Waals surface area (Å²) in [5, 5.41) is 0. The average Bonchev–Trinajstić information content (AvgIpc) is 2.46. The molecule has 2 rings (SSSR count). The molecule has 0 aliphatic rings. The summed E-state index contributed by atoms with van der Waals surface area (Å²) in [5.41, 5.74) is 2.32. The van der Waals surface area contributed by atoms with Gasteiger partial charge in [0.2, 0.25) is 0 Å². The predicted octanol–water partition coefficient (Wildman–Crippen LogP) is 3.79. The molecular formula is C17H16FNO. The van der Waals surface area contributed by atoms with E-state index >= 15 is 0 Å². The fraction of sp³-hybridized carbons (Fsp3) is 0.118. The van der Waals surface area contributed by atoms with Crippen molar-refractivity contribution in [2.24, 2.45) is 0 Å². The van der Waals surface area contributed by atoms with Crippen molar-refractivity contribution in [3.8, 4) is 0 Å². The van der Waals surface area contributed by atoms with Crippen LogP contribution < -0.4 is 4.90 Å². The lowest BCUT2D eigenvalue weighted by Crippen LogP contribution is -2.12. The van der Waals surface area contributed by atoms with Crippen molar-refractivity contribution in [3.63, 3.8) is 0 Å². The van der Waals surface area contributed by atoms with Crippen molar-refractivity contribution in [2.75, 3.05) is 19.0 Å². The largest absolute Gasteiger partial charge is 0.377 e. The summed E-state index contributed by atoms with van der Waals surface area (Å²) in [6.45, 7) is 0. The molecule has 2 aromatic rings. The first kappa shape index (κ1) is 14.0. The molecule has 20 heavy (non-hydrogen) atoms. The maximum atomic E-state index is 12.8. The Labute approximate surface area is 118 Å². The van der Waals surface area contributed by atoms with Crippen molar-refractivity contribution >= 4 is 17.5 Å². The minimum absolute atomic E-state index is 0.0707. The molecule has 0 fully saturated rings.